The molecule has 0 unspecified atom stereocenters. The average Bonchev–Trinajstić information content (AvgIpc) is 3.31. The lowest BCUT2D eigenvalue weighted by Crippen LogP contribution is -2.08. The average molecular weight is 281 g/mol. The van der Waals surface area contributed by atoms with Crippen LogP contribution < -0.4 is 0 Å². The molecule has 0 amide bonds. The predicted octanol–water partition coefficient (Wildman–Crippen LogP) is 4.45. The number of nitrogens with zero attached hydrogens (tertiary/aromatic N) is 1. The van der Waals surface area contributed by atoms with Crippen LogP contribution in [0.25, 0.3) is 11.3 Å². The number of hydrogen-bond donors (Lipinski definition) is 1. The van der Waals surface area contributed by atoms with Crippen molar-refractivity contribution < 1.29 is 9.90 Å². The number of carboxylic acid groups (broad SMARTS) is 1. The second-order valence-corrected chi connectivity index (χ2v) is 5.96. The van der Waals surface area contributed by atoms with Crippen LogP contribution in [-0.4, -0.2) is 16.1 Å². The first-order chi connectivity index (χ1) is 10.1. The van der Waals surface area contributed by atoms with Gasteiger partial charge in [-0.25, -0.2) is 4.79 Å². The molecule has 1 aromatic carbocycles. The summed E-state index contributed by atoms with van der Waals surface area (Å²) in [5.41, 5.74) is 4.12. The molecule has 1 saturated carbocycles. The van der Waals surface area contributed by atoms with Crippen LogP contribution in [0.15, 0.2) is 36.4 Å². The van der Waals surface area contributed by atoms with Crippen LogP contribution in [-0.2, 0) is 0 Å². The highest BCUT2D eigenvalue weighted by Gasteiger charge is 2.31. The molecule has 0 spiro atoms. The minimum absolute atomic E-state index is 0.235. The number of carbonyl (C=O) groups is 1. The number of aromatic nitrogens is 1. The third-order valence-corrected chi connectivity index (χ3v) is 3.95. The molecule has 108 valence electrons. The molecule has 1 aliphatic rings. The molecule has 1 fully saturated rings. The number of benzene rings is 1. The second-order valence-electron chi connectivity index (χ2n) is 5.96. The van der Waals surface area contributed by atoms with E-state index in [1.807, 2.05) is 36.4 Å². The van der Waals surface area contributed by atoms with E-state index in [1.54, 1.807) is 0 Å². The van der Waals surface area contributed by atoms with E-state index in [2.05, 4.69) is 13.8 Å². The Morgan fingerprint density at radius 1 is 1.24 bits per heavy atom. The Morgan fingerprint density at radius 2 is 1.90 bits per heavy atom. The molecule has 21 heavy (non-hydrogen) atoms. The molecule has 0 saturated heterocycles. The molecule has 0 atom stereocenters. The quantitative estimate of drug-likeness (QED) is 0.900. The van der Waals surface area contributed by atoms with Crippen LogP contribution in [0.5, 0.6) is 0 Å². The maximum atomic E-state index is 11.5. The topological polar surface area (TPSA) is 50.2 Å². The van der Waals surface area contributed by atoms with E-state index in [9.17, 15) is 9.90 Å². The third-order valence-electron chi connectivity index (χ3n) is 3.95. The fourth-order valence-corrected chi connectivity index (χ4v) is 2.65. The monoisotopic (exact) mass is 281 g/mol. The second kappa shape index (κ2) is 5.32. The van der Waals surface area contributed by atoms with Gasteiger partial charge in [0.05, 0.1) is 17.0 Å². The highest BCUT2D eigenvalue weighted by atomic mass is 16.4. The van der Waals surface area contributed by atoms with Crippen LogP contribution in [0.3, 0.4) is 0 Å². The highest BCUT2D eigenvalue weighted by Crippen LogP contribution is 2.42. The van der Waals surface area contributed by atoms with Crippen LogP contribution in [0.2, 0.25) is 0 Å². The van der Waals surface area contributed by atoms with Gasteiger partial charge in [-0.1, -0.05) is 44.2 Å². The summed E-state index contributed by atoms with van der Waals surface area (Å²) in [6, 6.07) is 11.9. The lowest BCUT2D eigenvalue weighted by Gasteiger charge is -2.16. The maximum absolute atomic E-state index is 11.5. The lowest BCUT2D eigenvalue weighted by atomic mass is 9.93. The third kappa shape index (κ3) is 2.68. The van der Waals surface area contributed by atoms with Crippen LogP contribution in [0, 0.1) is 0 Å². The summed E-state index contributed by atoms with van der Waals surface area (Å²) in [6.45, 7) is 4.15. The Morgan fingerprint density at radius 3 is 2.43 bits per heavy atom. The summed E-state index contributed by atoms with van der Waals surface area (Å²) in [7, 11) is 0. The number of carboxylic acids is 1. The summed E-state index contributed by atoms with van der Waals surface area (Å²) in [6.07, 6.45) is 2.09. The normalized spacial score (nSPS) is 14.4. The van der Waals surface area contributed by atoms with Crippen LogP contribution >= 0.6 is 0 Å². The van der Waals surface area contributed by atoms with Gasteiger partial charge in [0.15, 0.2) is 0 Å². The van der Waals surface area contributed by atoms with E-state index < -0.39 is 5.97 Å². The summed E-state index contributed by atoms with van der Waals surface area (Å²) in [5, 5.41) is 9.47. The first-order valence-electron chi connectivity index (χ1n) is 7.41. The van der Waals surface area contributed by atoms with Gasteiger partial charge < -0.3 is 5.11 Å². The molecular formula is C18H19NO2. The Hall–Kier alpha value is -2.16. The van der Waals surface area contributed by atoms with Crippen LogP contribution in [0.1, 0.15) is 60.1 Å². The molecule has 0 aliphatic heterocycles. The van der Waals surface area contributed by atoms with Gasteiger partial charge in [0, 0.05) is 11.5 Å². The van der Waals surface area contributed by atoms with Crippen molar-refractivity contribution in [3.8, 4) is 11.3 Å². The van der Waals surface area contributed by atoms with Gasteiger partial charge >= 0.3 is 5.97 Å². The molecule has 0 bridgehead atoms. The van der Waals surface area contributed by atoms with E-state index >= 15 is 0 Å². The first kappa shape index (κ1) is 13.8. The van der Waals surface area contributed by atoms with Crippen molar-refractivity contribution >= 4 is 5.97 Å². The van der Waals surface area contributed by atoms with Crippen molar-refractivity contribution in [2.75, 3.05) is 0 Å². The van der Waals surface area contributed by atoms with E-state index in [1.165, 1.54) is 0 Å². The molecular weight excluding hydrogens is 262 g/mol. The van der Waals surface area contributed by atoms with Gasteiger partial charge in [-0.3, -0.25) is 4.98 Å². The van der Waals surface area contributed by atoms with Gasteiger partial charge in [-0.15, -0.1) is 0 Å². The van der Waals surface area contributed by atoms with Crippen molar-refractivity contribution in [3.63, 3.8) is 0 Å². The minimum atomic E-state index is -0.870. The van der Waals surface area contributed by atoms with Gasteiger partial charge in [-0.05, 0) is 30.4 Å². The van der Waals surface area contributed by atoms with E-state index in [-0.39, 0.29) is 5.92 Å². The van der Waals surface area contributed by atoms with E-state index in [0.717, 1.165) is 35.4 Å². The van der Waals surface area contributed by atoms with E-state index in [0.29, 0.717) is 11.5 Å². The molecule has 1 N–H and O–H groups in total. The summed E-state index contributed by atoms with van der Waals surface area (Å²) >= 11 is 0. The molecule has 3 nitrogen and oxygen atoms in total. The van der Waals surface area contributed by atoms with Crippen molar-refractivity contribution in [2.45, 2.75) is 38.5 Å². The Labute approximate surface area is 124 Å². The molecule has 2 aromatic rings. The van der Waals surface area contributed by atoms with Crippen molar-refractivity contribution in [1.29, 1.82) is 0 Å². The minimum Gasteiger partial charge on any atom is -0.478 e. The molecule has 3 rings (SSSR count). The number of pyridine rings is 1. The fraction of sp³-hybridized carbons (Fsp3) is 0.333. The number of hydrogen-bond acceptors (Lipinski definition) is 2. The molecule has 0 radical (unpaired) electrons. The maximum Gasteiger partial charge on any atom is 0.337 e. The van der Waals surface area contributed by atoms with Gasteiger partial charge in [-0.2, -0.15) is 0 Å². The molecule has 3 heteroatoms. The molecule has 1 heterocycles. The largest absolute Gasteiger partial charge is 0.478 e. The Kier molecular flexibility index (Phi) is 3.50. The first-order valence-corrected chi connectivity index (χ1v) is 7.41. The number of rotatable bonds is 4. The Balaban J connectivity index is 2.22. The molecule has 1 aromatic heterocycles. The number of aromatic carboxylic acids is 1. The van der Waals surface area contributed by atoms with Crippen molar-refractivity contribution in [2.24, 2.45) is 0 Å². The van der Waals surface area contributed by atoms with Crippen molar-refractivity contribution in [1.82, 2.24) is 4.98 Å². The molecule has 1 aliphatic carbocycles. The summed E-state index contributed by atoms with van der Waals surface area (Å²) < 4.78 is 0. The fourth-order valence-electron chi connectivity index (χ4n) is 2.65. The van der Waals surface area contributed by atoms with Crippen LogP contribution in [0.4, 0.5) is 0 Å². The SMILES string of the molecule is CC(C)c1cc(C(=O)O)c(C2CC2)nc1-c1ccccc1. The van der Waals surface area contributed by atoms with Gasteiger partial charge in [0.2, 0.25) is 0 Å². The smallest absolute Gasteiger partial charge is 0.337 e. The highest BCUT2D eigenvalue weighted by molar-refractivity contribution is 5.90. The zero-order valence-electron chi connectivity index (χ0n) is 12.3. The zero-order chi connectivity index (χ0) is 15.0. The summed E-state index contributed by atoms with van der Waals surface area (Å²) in [4.78, 5) is 16.3. The zero-order valence-corrected chi connectivity index (χ0v) is 12.3. The Bertz CT molecular complexity index is 673. The van der Waals surface area contributed by atoms with Gasteiger partial charge in [0.25, 0.3) is 0 Å². The standard InChI is InChI=1S/C18H19NO2/c1-11(2)14-10-15(18(20)21)17(13-8-9-13)19-16(14)12-6-4-3-5-7-12/h3-7,10-11,13H,8-9H2,1-2H3,(H,20,21). The lowest BCUT2D eigenvalue weighted by molar-refractivity contribution is 0.0695. The summed E-state index contributed by atoms with van der Waals surface area (Å²) in [5.74, 6) is -0.315. The van der Waals surface area contributed by atoms with E-state index in [4.69, 9.17) is 4.98 Å². The van der Waals surface area contributed by atoms with Crippen molar-refractivity contribution in [3.05, 3.63) is 53.2 Å². The predicted molar refractivity (Wildman–Crippen MR) is 82.7 cm³/mol. The van der Waals surface area contributed by atoms with Gasteiger partial charge in [0.1, 0.15) is 0 Å².